The molecule has 0 aliphatic heterocycles. The van der Waals surface area contributed by atoms with Crippen molar-refractivity contribution < 1.29 is 18.6 Å². The second-order valence-electron chi connectivity index (χ2n) is 2.87. The quantitative estimate of drug-likeness (QED) is 0.323. The molecule has 0 aromatic carbocycles. The van der Waals surface area contributed by atoms with Crippen LogP contribution in [0.3, 0.4) is 0 Å². The molecular weight excluding hydrogens is 202 g/mol. The van der Waals surface area contributed by atoms with E-state index in [9.17, 15) is 0 Å². The van der Waals surface area contributed by atoms with Gasteiger partial charge in [-0.2, -0.15) is 0 Å². The molecule has 0 saturated carbocycles. The molecule has 0 atom stereocenters. The first-order valence-electron chi connectivity index (χ1n) is 4.68. The molecule has 0 radical (unpaired) electrons. The summed E-state index contributed by atoms with van der Waals surface area (Å²) in [4.78, 5) is 0. The molecule has 0 spiro atoms. The molecule has 86 valence electrons. The van der Waals surface area contributed by atoms with Gasteiger partial charge in [0.25, 0.3) is 5.97 Å². The van der Waals surface area contributed by atoms with Gasteiger partial charge in [-0.3, -0.25) is 0 Å². The van der Waals surface area contributed by atoms with Crippen LogP contribution in [0.5, 0.6) is 0 Å². The van der Waals surface area contributed by atoms with Gasteiger partial charge in [0.2, 0.25) is 0 Å². The lowest BCUT2D eigenvalue weighted by Gasteiger charge is -2.29. The highest BCUT2D eigenvalue weighted by Crippen LogP contribution is 2.13. The SMILES string of the molecule is COCC(OC)(OC)O[SiH2]CCCN. The van der Waals surface area contributed by atoms with Crippen LogP contribution in [0.25, 0.3) is 0 Å². The monoisotopic (exact) mass is 223 g/mol. The van der Waals surface area contributed by atoms with Gasteiger partial charge >= 0.3 is 0 Å². The predicted molar refractivity (Wildman–Crippen MR) is 56.7 cm³/mol. The van der Waals surface area contributed by atoms with Crippen LogP contribution in [0, 0.1) is 0 Å². The number of hydrogen-bond donors (Lipinski definition) is 1. The number of rotatable bonds is 9. The zero-order chi connectivity index (χ0) is 10.9. The van der Waals surface area contributed by atoms with Crippen molar-refractivity contribution in [3.8, 4) is 0 Å². The second-order valence-corrected chi connectivity index (χ2v) is 4.27. The molecule has 0 saturated heterocycles. The minimum atomic E-state index is -1.02. The van der Waals surface area contributed by atoms with Crippen LogP contribution in [0.2, 0.25) is 6.04 Å². The molecule has 0 bridgehead atoms. The van der Waals surface area contributed by atoms with Crippen LogP contribution in [0.1, 0.15) is 6.42 Å². The first-order chi connectivity index (χ1) is 6.74. The molecule has 0 aromatic heterocycles. The van der Waals surface area contributed by atoms with E-state index in [1.54, 1.807) is 21.3 Å². The molecule has 2 N–H and O–H groups in total. The third-order valence-electron chi connectivity index (χ3n) is 1.86. The van der Waals surface area contributed by atoms with E-state index in [0.29, 0.717) is 6.54 Å². The Balaban J connectivity index is 3.82. The summed E-state index contributed by atoms with van der Waals surface area (Å²) < 4.78 is 20.8. The number of methoxy groups -OCH3 is 3. The highest BCUT2D eigenvalue weighted by molar-refractivity contribution is 6.27. The van der Waals surface area contributed by atoms with Crippen LogP contribution in [-0.4, -0.2) is 50.2 Å². The topological polar surface area (TPSA) is 62.9 Å². The molecule has 0 rings (SSSR count). The first-order valence-corrected chi connectivity index (χ1v) is 6.25. The maximum absolute atomic E-state index is 5.58. The Bertz CT molecular complexity index is 133. The van der Waals surface area contributed by atoms with Crippen molar-refractivity contribution in [3.05, 3.63) is 0 Å². The van der Waals surface area contributed by atoms with Gasteiger partial charge < -0.3 is 24.4 Å². The van der Waals surface area contributed by atoms with Gasteiger partial charge in [-0.25, -0.2) is 0 Å². The van der Waals surface area contributed by atoms with Gasteiger partial charge in [0.05, 0.1) is 0 Å². The Kier molecular flexibility index (Phi) is 8.35. The third-order valence-corrected chi connectivity index (χ3v) is 3.30. The molecule has 14 heavy (non-hydrogen) atoms. The minimum absolute atomic E-state index is 0.273. The van der Waals surface area contributed by atoms with E-state index in [0.717, 1.165) is 12.5 Å². The summed E-state index contributed by atoms with van der Waals surface area (Å²) in [6, 6.07) is 1.02. The van der Waals surface area contributed by atoms with Crippen molar-refractivity contribution in [2.45, 2.75) is 18.4 Å². The Morgan fingerprint density at radius 1 is 1.21 bits per heavy atom. The van der Waals surface area contributed by atoms with Crippen LogP contribution < -0.4 is 5.73 Å². The van der Waals surface area contributed by atoms with Crippen LogP contribution >= 0.6 is 0 Å². The van der Waals surface area contributed by atoms with Crippen molar-refractivity contribution in [1.82, 2.24) is 0 Å². The van der Waals surface area contributed by atoms with Crippen molar-refractivity contribution in [2.24, 2.45) is 5.73 Å². The van der Waals surface area contributed by atoms with Gasteiger partial charge in [-0.15, -0.1) is 0 Å². The highest BCUT2D eigenvalue weighted by atomic mass is 28.2. The smallest absolute Gasteiger partial charge is 0.297 e. The summed E-state index contributed by atoms with van der Waals surface area (Å²) in [5.41, 5.74) is 5.38. The summed E-state index contributed by atoms with van der Waals surface area (Å²) >= 11 is 0. The lowest BCUT2D eigenvalue weighted by atomic mass is 10.5. The average Bonchev–Trinajstić information content (AvgIpc) is 2.23. The number of ether oxygens (including phenoxy) is 3. The molecule has 0 fully saturated rings. The van der Waals surface area contributed by atoms with E-state index in [4.69, 9.17) is 24.4 Å². The molecule has 0 aromatic rings. The van der Waals surface area contributed by atoms with Crippen molar-refractivity contribution in [2.75, 3.05) is 34.5 Å². The van der Waals surface area contributed by atoms with Gasteiger partial charge in [0.1, 0.15) is 6.61 Å². The Labute approximate surface area is 87.8 Å². The molecule has 6 heteroatoms. The summed E-state index contributed by atoms with van der Waals surface area (Å²) in [7, 11) is 4.01. The first kappa shape index (κ1) is 14.0. The zero-order valence-electron chi connectivity index (χ0n) is 9.25. The van der Waals surface area contributed by atoms with Crippen molar-refractivity contribution >= 4 is 9.76 Å². The zero-order valence-corrected chi connectivity index (χ0v) is 10.7. The second kappa shape index (κ2) is 8.34. The molecule has 0 unspecified atom stereocenters. The van der Waals surface area contributed by atoms with E-state index in [-0.39, 0.29) is 6.61 Å². The van der Waals surface area contributed by atoms with E-state index >= 15 is 0 Å². The fraction of sp³-hybridized carbons (Fsp3) is 1.00. The maximum Gasteiger partial charge on any atom is 0.297 e. The molecule has 0 amide bonds. The minimum Gasteiger partial charge on any atom is -0.376 e. The normalized spacial score (nSPS) is 12.9. The Hall–Kier alpha value is 0.0169. The van der Waals surface area contributed by atoms with Gasteiger partial charge in [-0.1, -0.05) is 0 Å². The van der Waals surface area contributed by atoms with Crippen molar-refractivity contribution in [3.63, 3.8) is 0 Å². The predicted octanol–water partition coefficient (Wildman–Crippen LogP) is -0.553. The fourth-order valence-corrected chi connectivity index (χ4v) is 2.28. The lowest BCUT2D eigenvalue weighted by molar-refractivity contribution is -0.339. The molecule has 0 heterocycles. The van der Waals surface area contributed by atoms with E-state index in [2.05, 4.69) is 0 Å². The summed E-state index contributed by atoms with van der Waals surface area (Å²) in [5.74, 6) is -1.02. The van der Waals surface area contributed by atoms with Crippen molar-refractivity contribution in [1.29, 1.82) is 0 Å². The summed E-state index contributed by atoms with van der Waals surface area (Å²) in [5, 5.41) is 0. The fourth-order valence-electron chi connectivity index (χ4n) is 1.01. The summed E-state index contributed by atoms with van der Waals surface area (Å²) in [6.45, 7) is 0.975. The van der Waals surface area contributed by atoms with E-state index < -0.39 is 15.7 Å². The van der Waals surface area contributed by atoms with Gasteiger partial charge in [0.15, 0.2) is 9.76 Å². The third kappa shape index (κ3) is 5.04. The maximum atomic E-state index is 5.58. The Morgan fingerprint density at radius 2 is 1.86 bits per heavy atom. The van der Waals surface area contributed by atoms with E-state index in [1.807, 2.05) is 0 Å². The lowest BCUT2D eigenvalue weighted by Crippen LogP contribution is -2.42. The van der Waals surface area contributed by atoms with E-state index in [1.165, 1.54) is 0 Å². The van der Waals surface area contributed by atoms with Crippen LogP contribution in [0.15, 0.2) is 0 Å². The largest absolute Gasteiger partial charge is 0.376 e. The molecule has 0 aliphatic rings. The number of nitrogens with two attached hydrogens (primary N) is 1. The summed E-state index contributed by atoms with van der Waals surface area (Å²) in [6.07, 6.45) is 0.989. The average molecular weight is 223 g/mol. The van der Waals surface area contributed by atoms with Crippen LogP contribution in [-0.2, 0) is 18.6 Å². The van der Waals surface area contributed by atoms with Gasteiger partial charge in [0, 0.05) is 21.3 Å². The molecule has 5 nitrogen and oxygen atoms in total. The van der Waals surface area contributed by atoms with Gasteiger partial charge in [-0.05, 0) is 19.0 Å². The Morgan fingerprint density at radius 3 is 2.29 bits per heavy atom. The highest BCUT2D eigenvalue weighted by Gasteiger charge is 2.30. The standard InChI is InChI=1S/C8H21NO4Si/c1-10-7-8(11-2,12-3)13-14-6-4-5-9/h4-7,9,14H2,1-3H3. The molecule has 0 aliphatic carbocycles. The number of hydrogen-bond acceptors (Lipinski definition) is 5. The van der Waals surface area contributed by atoms with Crippen LogP contribution in [0.4, 0.5) is 0 Å². The molecular formula is C8H21NO4Si.